The van der Waals surface area contributed by atoms with E-state index in [-0.39, 0.29) is 23.7 Å². The maximum Gasteiger partial charge on any atom is 0.256 e. The van der Waals surface area contributed by atoms with Gasteiger partial charge in [-0.1, -0.05) is 30.3 Å². The fourth-order valence-corrected chi connectivity index (χ4v) is 5.65. The van der Waals surface area contributed by atoms with Crippen molar-refractivity contribution < 1.29 is 14.4 Å². The highest BCUT2D eigenvalue weighted by molar-refractivity contribution is 6.17. The molecule has 2 aliphatic heterocycles. The minimum atomic E-state index is -0.554. The average molecular weight is 497 g/mol. The highest BCUT2D eigenvalue weighted by Crippen LogP contribution is 2.46. The number of likely N-dealkylation sites (tertiary alicyclic amines) is 1. The third-order valence-corrected chi connectivity index (χ3v) is 8.46. The van der Waals surface area contributed by atoms with Gasteiger partial charge in [-0.3, -0.25) is 24.3 Å². The number of aliphatic imine (C=N–C) groups is 1. The minimum Gasteiger partial charge on any atom is -0.342 e. The van der Waals surface area contributed by atoms with Crippen LogP contribution in [0.25, 0.3) is 11.1 Å². The molecule has 1 saturated heterocycles. The predicted molar refractivity (Wildman–Crippen MR) is 141 cm³/mol. The molecule has 0 atom stereocenters. The molecule has 1 spiro atoms. The highest BCUT2D eigenvalue weighted by atomic mass is 16.2. The van der Waals surface area contributed by atoms with Gasteiger partial charge >= 0.3 is 0 Å². The van der Waals surface area contributed by atoms with Gasteiger partial charge in [0, 0.05) is 48.6 Å². The third-order valence-electron chi connectivity index (χ3n) is 8.46. The van der Waals surface area contributed by atoms with Crippen LogP contribution in [0.15, 0.2) is 47.5 Å². The van der Waals surface area contributed by atoms with Crippen LogP contribution in [0.4, 0.5) is 5.69 Å². The Bertz CT molecular complexity index is 1350. The van der Waals surface area contributed by atoms with Crippen molar-refractivity contribution in [2.75, 3.05) is 25.0 Å². The molecule has 7 heteroatoms. The number of amidine groups is 1. The van der Waals surface area contributed by atoms with Gasteiger partial charge in [0.25, 0.3) is 5.91 Å². The van der Waals surface area contributed by atoms with E-state index in [0.717, 1.165) is 85.4 Å². The number of hydrogen-bond acceptors (Lipinski definition) is 4. The second-order valence-electron chi connectivity index (χ2n) is 11.6. The van der Waals surface area contributed by atoms with Crippen LogP contribution in [0.2, 0.25) is 0 Å². The number of carbonyl (C=O) groups excluding carboxylic acids is 3. The highest BCUT2D eigenvalue weighted by Gasteiger charge is 2.58. The molecule has 3 saturated carbocycles. The number of nitrogens with one attached hydrogen (secondary N) is 1. The first-order chi connectivity index (χ1) is 17.9. The number of hydrogen-bond donors (Lipinski definition) is 1. The molecular weight excluding hydrogens is 464 g/mol. The Labute approximate surface area is 216 Å². The minimum absolute atomic E-state index is 0.105. The Morgan fingerprint density at radius 2 is 1.73 bits per heavy atom. The number of benzene rings is 2. The molecule has 2 aromatic carbocycles. The smallest absolute Gasteiger partial charge is 0.256 e. The van der Waals surface area contributed by atoms with Crippen molar-refractivity contribution in [3.8, 4) is 11.1 Å². The van der Waals surface area contributed by atoms with E-state index in [1.165, 1.54) is 0 Å². The van der Waals surface area contributed by atoms with E-state index in [2.05, 4.69) is 36.5 Å². The van der Waals surface area contributed by atoms with Crippen LogP contribution >= 0.6 is 0 Å². The molecule has 3 amide bonds. The molecule has 0 radical (unpaired) electrons. The van der Waals surface area contributed by atoms with E-state index in [1.54, 1.807) is 0 Å². The number of nitrogens with zero attached hydrogens (tertiary/aromatic N) is 3. The number of rotatable bonds is 7. The SMILES string of the molecule is Cc1cc(-c2cccc(NC(=O)C3CC3)c2)ccc1C1=NC2(CC2)C(=O)N1CC1CN(C(=O)C2CC2)C1. The predicted octanol–water partition coefficient (Wildman–Crippen LogP) is 4.00. The lowest BCUT2D eigenvalue weighted by molar-refractivity contribution is -0.139. The van der Waals surface area contributed by atoms with Gasteiger partial charge in [0.2, 0.25) is 11.8 Å². The van der Waals surface area contributed by atoms with E-state index < -0.39 is 5.54 Å². The van der Waals surface area contributed by atoms with Gasteiger partial charge in [0.05, 0.1) is 0 Å². The Balaban J connectivity index is 1.10. The molecule has 1 N–H and O–H groups in total. The Morgan fingerprint density at radius 3 is 2.41 bits per heavy atom. The zero-order valence-electron chi connectivity index (χ0n) is 21.2. The maximum atomic E-state index is 13.4. The third kappa shape index (κ3) is 4.14. The zero-order valence-corrected chi connectivity index (χ0v) is 21.2. The summed E-state index contributed by atoms with van der Waals surface area (Å²) in [6.45, 7) is 4.17. The number of anilines is 1. The van der Waals surface area contributed by atoms with Crippen LogP contribution in [0, 0.1) is 24.7 Å². The number of amides is 3. The van der Waals surface area contributed by atoms with Crippen LogP contribution in [-0.2, 0) is 14.4 Å². The second kappa shape index (κ2) is 8.27. The van der Waals surface area contributed by atoms with Crippen molar-refractivity contribution in [3.63, 3.8) is 0 Å². The summed E-state index contributed by atoms with van der Waals surface area (Å²) in [5, 5.41) is 3.03. The Kier molecular flexibility index (Phi) is 5.07. The fraction of sp³-hybridized carbons (Fsp3) is 0.467. The quantitative estimate of drug-likeness (QED) is 0.629. The van der Waals surface area contributed by atoms with E-state index in [0.29, 0.717) is 18.4 Å². The number of carbonyl (C=O) groups is 3. The normalized spacial score (nSPS) is 22.2. The van der Waals surface area contributed by atoms with Gasteiger partial charge in [0.1, 0.15) is 11.4 Å². The van der Waals surface area contributed by atoms with E-state index in [1.807, 2.05) is 28.0 Å². The summed E-state index contributed by atoms with van der Waals surface area (Å²) < 4.78 is 0. The second-order valence-corrected chi connectivity index (χ2v) is 11.6. The van der Waals surface area contributed by atoms with Gasteiger partial charge in [-0.25, -0.2) is 0 Å². The molecule has 0 aromatic heterocycles. The summed E-state index contributed by atoms with van der Waals surface area (Å²) in [5.74, 6) is 2.02. The molecule has 7 nitrogen and oxygen atoms in total. The lowest BCUT2D eigenvalue weighted by Gasteiger charge is -2.41. The van der Waals surface area contributed by atoms with Crippen molar-refractivity contribution >= 4 is 29.2 Å². The topological polar surface area (TPSA) is 82.1 Å². The molecule has 2 heterocycles. The Hall–Kier alpha value is -3.48. The summed E-state index contributed by atoms with van der Waals surface area (Å²) in [5.41, 5.74) is 4.43. The molecule has 190 valence electrons. The summed E-state index contributed by atoms with van der Waals surface area (Å²) in [6.07, 6.45) is 5.65. The van der Waals surface area contributed by atoms with Gasteiger partial charge in [-0.15, -0.1) is 0 Å². The van der Waals surface area contributed by atoms with Crippen molar-refractivity contribution in [2.24, 2.45) is 22.7 Å². The first-order valence-electron chi connectivity index (χ1n) is 13.6. The maximum absolute atomic E-state index is 13.4. The molecule has 4 fully saturated rings. The van der Waals surface area contributed by atoms with Gasteiger partial charge in [-0.2, -0.15) is 0 Å². The van der Waals surface area contributed by atoms with Crippen LogP contribution in [0.1, 0.15) is 49.7 Å². The average Bonchev–Trinajstić information content (AvgIpc) is 3.73. The van der Waals surface area contributed by atoms with Gasteiger partial charge < -0.3 is 10.2 Å². The van der Waals surface area contributed by atoms with Crippen molar-refractivity contribution in [3.05, 3.63) is 53.6 Å². The monoisotopic (exact) mass is 496 g/mol. The summed E-state index contributed by atoms with van der Waals surface area (Å²) >= 11 is 0. The first kappa shape index (κ1) is 22.7. The van der Waals surface area contributed by atoms with Crippen LogP contribution in [0.5, 0.6) is 0 Å². The molecule has 0 bridgehead atoms. The van der Waals surface area contributed by atoms with Crippen molar-refractivity contribution in [1.29, 1.82) is 0 Å². The van der Waals surface area contributed by atoms with E-state index >= 15 is 0 Å². The lowest BCUT2D eigenvalue weighted by Crippen LogP contribution is -2.55. The van der Waals surface area contributed by atoms with E-state index in [9.17, 15) is 14.4 Å². The van der Waals surface area contributed by atoms with Crippen molar-refractivity contribution in [1.82, 2.24) is 9.80 Å². The standard InChI is InChI=1S/C30H32N4O3/c1-18-13-23(22-3-2-4-24(14-22)31-27(35)20-5-6-20)9-10-25(18)26-32-30(11-12-30)29(37)34(26)17-19-15-33(16-19)28(36)21-7-8-21/h2-4,9-10,13-14,19-21H,5-8,11-12,15-17H2,1H3,(H,31,35). The molecule has 0 unspecified atom stereocenters. The molecule has 37 heavy (non-hydrogen) atoms. The zero-order chi connectivity index (χ0) is 25.3. The van der Waals surface area contributed by atoms with Crippen molar-refractivity contribution in [2.45, 2.75) is 51.0 Å². The molecular formula is C30H32N4O3. The van der Waals surface area contributed by atoms with Crippen LogP contribution < -0.4 is 5.32 Å². The lowest BCUT2D eigenvalue weighted by atomic mass is 9.96. The summed E-state index contributed by atoms with van der Waals surface area (Å²) in [4.78, 5) is 46.7. The Morgan fingerprint density at radius 1 is 1.00 bits per heavy atom. The molecule has 7 rings (SSSR count). The van der Waals surface area contributed by atoms with Crippen LogP contribution in [-0.4, -0.2) is 58.5 Å². The first-order valence-corrected chi connectivity index (χ1v) is 13.6. The molecule has 5 aliphatic rings. The molecule has 3 aliphatic carbocycles. The van der Waals surface area contributed by atoms with Crippen LogP contribution in [0.3, 0.4) is 0 Å². The van der Waals surface area contributed by atoms with Gasteiger partial charge in [0.15, 0.2) is 0 Å². The van der Waals surface area contributed by atoms with Gasteiger partial charge in [-0.05, 0) is 74.3 Å². The largest absolute Gasteiger partial charge is 0.342 e. The summed E-state index contributed by atoms with van der Waals surface area (Å²) in [6, 6.07) is 14.2. The fourth-order valence-electron chi connectivity index (χ4n) is 5.65. The number of aryl methyl sites for hydroxylation is 1. The summed E-state index contributed by atoms with van der Waals surface area (Å²) in [7, 11) is 0. The van der Waals surface area contributed by atoms with E-state index in [4.69, 9.17) is 4.99 Å². The molecule has 2 aromatic rings.